The Bertz CT molecular complexity index is 1430. The molecule has 0 saturated heterocycles. The molecule has 4 N–H and O–H groups in total. The quantitative estimate of drug-likeness (QED) is 0.102. The molecule has 3 heterocycles. The largest absolute Gasteiger partial charge is 0.493 e. The lowest BCUT2D eigenvalue weighted by Gasteiger charge is -2.29. The van der Waals surface area contributed by atoms with E-state index in [4.69, 9.17) is 39.1 Å². The highest BCUT2D eigenvalue weighted by Gasteiger charge is 2.44. The number of rotatable bonds is 13. The van der Waals surface area contributed by atoms with Crippen molar-refractivity contribution >= 4 is 17.5 Å². The second-order valence-electron chi connectivity index (χ2n) is 10.3. The van der Waals surface area contributed by atoms with Crippen molar-refractivity contribution < 1.29 is 42.8 Å². The van der Waals surface area contributed by atoms with E-state index in [1.54, 1.807) is 20.3 Å². The summed E-state index contributed by atoms with van der Waals surface area (Å²) in [5.74, 6) is 7.03. The molecule has 13 heteroatoms. The van der Waals surface area contributed by atoms with E-state index in [0.29, 0.717) is 53.1 Å². The summed E-state index contributed by atoms with van der Waals surface area (Å²) in [5, 5.41) is 7.25. The van der Waals surface area contributed by atoms with Crippen LogP contribution in [-0.2, 0) is 25.6 Å². The lowest BCUT2D eigenvalue weighted by atomic mass is 9.83. The number of nitrogens with one attached hydrogen (secondary N) is 2. The molecule has 2 aromatic rings. The first-order valence-electron chi connectivity index (χ1n) is 13.9. The van der Waals surface area contributed by atoms with Crippen molar-refractivity contribution in [2.45, 2.75) is 37.9 Å². The SMILES string of the molecule is C=C(C)[C@H]1Cc2c(ccc(C3=NOC4COc5cc(OC)c(OC)cc5C34)c2OCC(=O)NCCOCCC(=O)NN)O1. The number of amides is 2. The molecule has 0 spiro atoms. The first-order valence-corrected chi connectivity index (χ1v) is 13.9. The van der Waals surface area contributed by atoms with Crippen molar-refractivity contribution in [1.82, 2.24) is 10.7 Å². The predicted molar refractivity (Wildman–Crippen MR) is 155 cm³/mol. The zero-order valence-electron chi connectivity index (χ0n) is 24.4. The fraction of sp³-hybridized carbons (Fsp3) is 0.433. The molecule has 2 unspecified atom stereocenters. The summed E-state index contributed by atoms with van der Waals surface area (Å²) >= 11 is 0. The number of carbonyl (C=O) groups excluding carboxylic acids is 2. The number of nitrogens with two attached hydrogens (primary N) is 1. The zero-order chi connectivity index (χ0) is 30.5. The molecule has 0 aromatic heterocycles. The van der Waals surface area contributed by atoms with Crippen molar-refractivity contribution in [2.75, 3.05) is 47.2 Å². The minimum Gasteiger partial charge on any atom is -0.493 e. The van der Waals surface area contributed by atoms with Gasteiger partial charge in [-0.3, -0.25) is 15.0 Å². The number of methoxy groups -OCH3 is 2. The van der Waals surface area contributed by atoms with Gasteiger partial charge in [-0.2, -0.15) is 0 Å². The molecule has 3 aliphatic rings. The van der Waals surface area contributed by atoms with E-state index in [-0.39, 0.29) is 62.7 Å². The van der Waals surface area contributed by atoms with E-state index in [0.717, 1.165) is 16.7 Å². The van der Waals surface area contributed by atoms with Gasteiger partial charge in [0.1, 0.15) is 35.7 Å². The number of fused-ring (bicyclic) bond motifs is 4. The highest BCUT2D eigenvalue weighted by Crippen LogP contribution is 2.48. The Kier molecular flexibility index (Phi) is 9.22. The Morgan fingerprint density at radius 3 is 2.65 bits per heavy atom. The normalized spacial score (nSPS) is 19.3. The summed E-state index contributed by atoms with van der Waals surface area (Å²) in [6.07, 6.45) is 0.0946. The zero-order valence-corrected chi connectivity index (χ0v) is 24.4. The fourth-order valence-electron chi connectivity index (χ4n) is 5.25. The third kappa shape index (κ3) is 6.32. The molecule has 2 aromatic carbocycles. The van der Waals surface area contributed by atoms with Crippen LogP contribution >= 0.6 is 0 Å². The highest BCUT2D eigenvalue weighted by atomic mass is 16.7. The van der Waals surface area contributed by atoms with Crippen LogP contribution in [0.5, 0.6) is 28.7 Å². The van der Waals surface area contributed by atoms with Gasteiger partial charge in [0.05, 0.1) is 39.8 Å². The maximum absolute atomic E-state index is 12.7. The molecule has 2 amide bonds. The average molecular weight is 597 g/mol. The van der Waals surface area contributed by atoms with E-state index in [2.05, 4.69) is 17.1 Å². The van der Waals surface area contributed by atoms with Crippen LogP contribution in [0.3, 0.4) is 0 Å². The number of carbonyl (C=O) groups is 2. The summed E-state index contributed by atoms with van der Waals surface area (Å²) in [4.78, 5) is 29.7. The summed E-state index contributed by atoms with van der Waals surface area (Å²) < 4.78 is 34.7. The molecule has 43 heavy (non-hydrogen) atoms. The average Bonchev–Trinajstić information content (AvgIpc) is 3.65. The summed E-state index contributed by atoms with van der Waals surface area (Å²) in [5.41, 5.74) is 5.92. The molecule has 0 fully saturated rings. The highest BCUT2D eigenvalue weighted by molar-refractivity contribution is 6.09. The molecule has 0 bridgehead atoms. The van der Waals surface area contributed by atoms with Crippen molar-refractivity contribution in [3.63, 3.8) is 0 Å². The van der Waals surface area contributed by atoms with E-state index in [9.17, 15) is 9.59 Å². The maximum atomic E-state index is 12.7. The molecule has 0 aliphatic carbocycles. The van der Waals surface area contributed by atoms with Gasteiger partial charge < -0.3 is 38.6 Å². The minimum atomic E-state index is -0.361. The number of nitrogens with zero attached hydrogens (tertiary/aromatic N) is 1. The second kappa shape index (κ2) is 13.2. The van der Waals surface area contributed by atoms with Gasteiger partial charge in [0.25, 0.3) is 5.91 Å². The van der Waals surface area contributed by atoms with Crippen LogP contribution in [0.4, 0.5) is 0 Å². The number of benzene rings is 2. The van der Waals surface area contributed by atoms with Crippen LogP contribution in [0.15, 0.2) is 41.6 Å². The predicted octanol–water partition coefficient (Wildman–Crippen LogP) is 1.75. The van der Waals surface area contributed by atoms with Crippen LogP contribution < -0.4 is 40.3 Å². The van der Waals surface area contributed by atoms with Crippen molar-refractivity contribution in [2.24, 2.45) is 11.0 Å². The van der Waals surface area contributed by atoms with E-state index >= 15 is 0 Å². The van der Waals surface area contributed by atoms with Gasteiger partial charge in [-0.25, -0.2) is 5.84 Å². The van der Waals surface area contributed by atoms with Gasteiger partial charge in [0.2, 0.25) is 5.91 Å². The summed E-state index contributed by atoms with van der Waals surface area (Å²) in [7, 11) is 3.15. The first kappa shape index (κ1) is 30.0. The van der Waals surface area contributed by atoms with Gasteiger partial charge in [0, 0.05) is 35.7 Å². The maximum Gasteiger partial charge on any atom is 0.258 e. The van der Waals surface area contributed by atoms with Crippen LogP contribution in [0.2, 0.25) is 0 Å². The third-order valence-corrected chi connectivity index (χ3v) is 7.46. The smallest absolute Gasteiger partial charge is 0.258 e. The third-order valence-electron chi connectivity index (χ3n) is 7.46. The number of oxime groups is 1. The van der Waals surface area contributed by atoms with Crippen molar-refractivity contribution in [1.29, 1.82) is 0 Å². The van der Waals surface area contributed by atoms with Gasteiger partial charge in [-0.05, 0) is 30.7 Å². The Morgan fingerprint density at radius 2 is 1.91 bits per heavy atom. The van der Waals surface area contributed by atoms with Gasteiger partial charge in [0.15, 0.2) is 24.2 Å². The van der Waals surface area contributed by atoms with Crippen molar-refractivity contribution in [3.05, 3.63) is 53.1 Å². The van der Waals surface area contributed by atoms with Gasteiger partial charge in [-0.15, -0.1) is 0 Å². The molecular formula is C30H36N4O9. The number of ether oxygens (including phenoxy) is 6. The van der Waals surface area contributed by atoms with Gasteiger partial charge >= 0.3 is 0 Å². The molecule has 0 radical (unpaired) electrons. The molecule has 3 atom stereocenters. The van der Waals surface area contributed by atoms with E-state index < -0.39 is 0 Å². The van der Waals surface area contributed by atoms with Crippen LogP contribution in [-0.4, -0.2) is 76.9 Å². The lowest BCUT2D eigenvalue weighted by molar-refractivity contribution is -0.124. The topological polar surface area (TPSA) is 161 Å². The second-order valence-corrected chi connectivity index (χ2v) is 10.3. The van der Waals surface area contributed by atoms with Gasteiger partial charge in [-0.1, -0.05) is 11.7 Å². The Balaban J connectivity index is 1.37. The summed E-state index contributed by atoms with van der Waals surface area (Å²) in [6.45, 7) is 6.69. The van der Waals surface area contributed by atoms with E-state index in [1.807, 2.05) is 30.5 Å². The van der Waals surface area contributed by atoms with Crippen LogP contribution in [0.1, 0.15) is 36.0 Å². The fourth-order valence-corrected chi connectivity index (χ4v) is 5.25. The Morgan fingerprint density at radius 1 is 1.12 bits per heavy atom. The number of hydrazine groups is 1. The Hall–Kier alpha value is -4.49. The van der Waals surface area contributed by atoms with E-state index in [1.165, 1.54) is 0 Å². The number of hydrogen-bond donors (Lipinski definition) is 3. The first-order chi connectivity index (χ1) is 20.8. The standard InChI is InChI=1S/C30H36N4O9/c1-16(2)21-12-19-20(42-21)6-5-17(30(19)41-15-27(36)32-8-10-39-9-7-26(35)33-31)29-28-18-11-23(37-3)24(38-4)13-22(18)40-14-25(28)43-34-29/h5-6,11,13,21,25,28H,1,7-10,12,14-15,31H2,2-4H3,(H,32,36)(H,33,35)/t21-,25?,28?/m1/s1. The van der Waals surface area contributed by atoms with Crippen LogP contribution in [0.25, 0.3) is 0 Å². The molecule has 0 saturated carbocycles. The summed E-state index contributed by atoms with van der Waals surface area (Å²) in [6, 6.07) is 7.43. The molecular weight excluding hydrogens is 560 g/mol. The molecule has 3 aliphatic heterocycles. The molecule has 230 valence electrons. The minimum absolute atomic E-state index is 0.134. The lowest BCUT2D eigenvalue weighted by Crippen LogP contribution is -2.34. The monoisotopic (exact) mass is 596 g/mol. The molecule has 5 rings (SSSR count). The number of hydrogen-bond acceptors (Lipinski definition) is 11. The van der Waals surface area contributed by atoms with Crippen molar-refractivity contribution in [3.8, 4) is 28.7 Å². The molecule has 13 nitrogen and oxygen atoms in total. The van der Waals surface area contributed by atoms with Crippen LogP contribution in [0, 0.1) is 0 Å². The Labute approximate surface area is 249 Å².